The van der Waals surface area contributed by atoms with E-state index in [9.17, 15) is 4.79 Å². The number of carbonyl (C=O) groups is 1. The molecule has 1 saturated heterocycles. The minimum atomic E-state index is -0.0526. The number of methoxy groups -OCH3 is 1. The number of carbonyl (C=O) groups excluding carboxylic acids is 1. The second kappa shape index (κ2) is 7.11. The normalized spacial score (nSPS) is 18.3. The van der Waals surface area contributed by atoms with Crippen molar-refractivity contribution in [3.63, 3.8) is 0 Å². The minimum absolute atomic E-state index is 0.0526. The molecule has 5 nitrogen and oxygen atoms in total. The average molecular weight is 264 g/mol. The Morgan fingerprint density at radius 2 is 2.21 bits per heavy atom. The van der Waals surface area contributed by atoms with Gasteiger partial charge >= 0.3 is 0 Å². The van der Waals surface area contributed by atoms with Crippen LogP contribution >= 0.6 is 0 Å². The number of hydrogen-bond donors (Lipinski definition) is 2. The maximum Gasteiger partial charge on any atom is 0.238 e. The highest BCUT2D eigenvalue weighted by atomic mass is 16.5. The molecule has 2 rings (SSSR count). The summed E-state index contributed by atoms with van der Waals surface area (Å²) in [4.78, 5) is 11.7. The van der Waals surface area contributed by atoms with Gasteiger partial charge in [0, 0.05) is 18.8 Å². The van der Waals surface area contributed by atoms with E-state index in [4.69, 9.17) is 9.47 Å². The zero-order valence-corrected chi connectivity index (χ0v) is 11.1. The van der Waals surface area contributed by atoms with Gasteiger partial charge in [-0.25, -0.2) is 0 Å². The van der Waals surface area contributed by atoms with Gasteiger partial charge in [-0.15, -0.1) is 0 Å². The Hall–Kier alpha value is -1.59. The van der Waals surface area contributed by atoms with Crippen LogP contribution in [0, 0.1) is 0 Å². The van der Waals surface area contributed by atoms with Crippen molar-refractivity contribution in [2.45, 2.75) is 18.9 Å². The number of ether oxygens (including phenoxy) is 2. The summed E-state index contributed by atoms with van der Waals surface area (Å²) in [6.07, 6.45) is 2.45. The van der Waals surface area contributed by atoms with Crippen LogP contribution in [0.25, 0.3) is 0 Å². The first-order valence-corrected chi connectivity index (χ1v) is 6.54. The van der Waals surface area contributed by atoms with Crippen LogP contribution in [-0.2, 0) is 9.53 Å². The van der Waals surface area contributed by atoms with Crippen LogP contribution < -0.4 is 15.4 Å². The van der Waals surface area contributed by atoms with Crippen molar-refractivity contribution in [1.82, 2.24) is 5.32 Å². The lowest BCUT2D eigenvalue weighted by Gasteiger charge is -2.11. The maximum absolute atomic E-state index is 11.7. The number of amides is 1. The first-order valence-electron chi connectivity index (χ1n) is 6.54. The van der Waals surface area contributed by atoms with E-state index in [1.807, 2.05) is 24.3 Å². The zero-order valence-electron chi connectivity index (χ0n) is 11.1. The molecule has 0 bridgehead atoms. The Morgan fingerprint density at radius 1 is 1.42 bits per heavy atom. The Balaban J connectivity index is 1.68. The van der Waals surface area contributed by atoms with Crippen molar-refractivity contribution in [2.24, 2.45) is 0 Å². The van der Waals surface area contributed by atoms with Gasteiger partial charge in [-0.1, -0.05) is 0 Å². The molecule has 0 aliphatic carbocycles. The van der Waals surface area contributed by atoms with Crippen LogP contribution in [0.1, 0.15) is 12.8 Å². The molecular formula is C14H20N2O3. The molecule has 1 aromatic rings. The van der Waals surface area contributed by atoms with Crippen LogP contribution in [0.5, 0.6) is 5.75 Å². The van der Waals surface area contributed by atoms with Gasteiger partial charge in [-0.3, -0.25) is 4.79 Å². The molecule has 0 aromatic heterocycles. The number of benzene rings is 1. The molecule has 1 fully saturated rings. The molecule has 104 valence electrons. The highest BCUT2D eigenvalue weighted by molar-refractivity contribution is 5.92. The van der Waals surface area contributed by atoms with Gasteiger partial charge in [0.25, 0.3) is 0 Å². The number of anilines is 1. The van der Waals surface area contributed by atoms with Crippen LogP contribution in [0.3, 0.4) is 0 Å². The van der Waals surface area contributed by atoms with E-state index in [-0.39, 0.29) is 12.0 Å². The molecular weight excluding hydrogens is 244 g/mol. The van der Waals surface area contributed by atoms with E-state index in [1.54, 1.807) is 7.11 Å². The lowest BCUT2D eigenvalue weighted by atomic mass is 10.2. The van der Waals surface area contributed by atoms with Crippen molar-refractivity contribution in [1.29, 1.82) is 0 Å². The molecule has 1 amide bonds. The molecule has 5 heteroatoms. The van der Waals surface area contributed by atoms with Crippen LogP contribution in [-0.4, -0.2) is 38.8 Å². The van der Waals surface area contributed by atoms with Gasteiger partial charge in [0.1, 0.15) is 5.75 Å². The predicted octanol–water partition coefficient (Wildman–Crippen LogP) is 1.40. The molecule has 1 atom stereocenters. The second-order valence-electron chi connectivity index (χ2n) is 4.54. The van der Waals surface area contributed by atoms with Crippen molar-refractivity contribution < 1.29 is 14.3 Å². The van der Waals surface area contributed by atoms with Gasteiger partial charge in [0.05, 0.1) is 19.8 Å². The van der Waals surface area contributed by atoms with Gasteiger partial charge in [0.15, 0.2) is 0 Å². The fourth-order valence-corrected chi connectivity index (χ4v) is 2.03. The third-order valence-electron chi connectivity index (χ3n) is 3.06. The summed E-state index contributed by atoms with van der Waals surface area (Å²) in [6, 6.07) is 7.26. The van der Waals surface area contributed by atoms with Crippen molar-refractivity contribution in [2.75, 3.05) is 32.1 Å². The van der Waals surface area contributed by atoms with Gasteiger partial charge < -0.3 is 20.1 Å². The summed E-state index contributed by atoms with van der Waals surface area (Å²) in [5.41, 5.74) is 0.768. The molecule has 0 saturated carbocycles. The third kappa shape index (κ3) is 4.54. The van der Waals surface area contributed by atoms with Crippen molar-refractivity contribution in [3.05, 3.63) is 24.3 Å². The number of hydrogen-bond acceptors (Lipinski definition) is 4. The molecule has 1 heterocycles. The van der Waals surface area contributed by atoms with Crippen LogP contribution in [0.4, 0.5) is 5.69 Å². The summed E-state index contributed by atoms with van der Waals surface area (Å²) < 4.78 is 10.5. The lowest BCUT2D eigenvalue weighted by Crippen LogP contribution is -2.33. The molecule has 0 radical (unpaired) electrons. The van der Waals surface area contributed by atoms with Crippen LogP contribution in [0.15, 0.2) is 24.3 Å². The van der Waals surface area contributed by atoms with E-state index < -0.39 is 0 Å². The molecule has 1 aromatic carbocycles. The van der Waals surface area contributed by atoms with E-state index in [0.717, 1.165) is 37.4 Å². The van der Waals surface area contributed by atoms with E-state index in [1.165, 1.54) is 0 Å². The summed E-state index contributed by atoms with van der Waals surface area (Å²) in [7, 11) is 1.61. The monoisotopic (exact) mass is 264 g/mol. The fourth-order valence-electron chi connectivity index (χ4n) is 2.03. The first-order chi connectivity index (χ1) is 9.28. The summed E-state index contributed by atoms with van der Waals surface area (Å²) in [6.45, 7) is 1.87. The molecule has 1 aliphatic rings. The number of nitrogens with one attached hydrogen (secondary N) is 2. The highest BCUT2D eigenvalue weighted by Crippen LogP contribution is 2.14. The summed E-state index contributed by atoms with van der Waals surface area (Å²) in [5, 5.41) is 5.93. The first kappa shape index (κ1) is 13.8. The Bertz CT molecular complexity index is 400. The summed E-state index contributed by atoms with van der Waals surface area (Å²) in [5.74, 6) is 0.720. The second-order valence-corrected chi connectivity index (χ2v) is 4.54. The Labute approximate surface area is 113 Å². The number of rotatable bonds is 6. The summed E-state index contributed by atoms with van der Waals surface area (Å²) >= 11 is 0. The van der Waals surface area contributed by atoms with Crippen molar-refractivity contribution >= 4 is 11.6 Å². The fraction of sp³-hybridized carbons (Fsp3) is 0.500. The molecule has 1 aliphatic heterocycles. The largest absolute Gasteiger partial charge is 0.497 e. The predicted molar refractivity (Wildman–Crippen MR) is 73.5 cm³/mol. The van der Waals surface area contributed by atoms with E-state index in [2.05, 4.69) is 10.6 Å². The zero-order chi connectivity index (χ0) is 13.5. The molecule has 2 N–H and O–H groups in total. The molecule has 0 spiro atoms. The average Bonchev–Trinajstić information content (AvgIpc) is 2.93. The molecule has 19 heavy (non-hydrogen) atoms. The molecule has 1 unspecified atom stereocenters. The quantitative estimate of drug-likeness (QED) is 0.815. The standard InChI is InChI=1S/C14H20N2O3/c1-18-12-6-4-11(5-7-12)16-14(17)10-15-9-13-3-2-8-19-13/h4-7,13,15H,2-3,8-10H2,1H3,(H,16,17). The van der Waals surface area contributed by atoms with E-state index >= 15 is 0 Å². The Morgan fingerprint density at radius 3 is 2.84 bits per heavy atom. The van der Waals surface area contributed by atoms with Gasteiger partial charge in [-0.05, 0) is 37.1 Å². The smallest absolute Gasteiger partial charge is 0.238 e. The Kier molecular flexibility index (Phi) is 5.18. The highest BCUT2D eigenvalue weighted by Gasteiger charge is 2.15. The van der Waals surface area contributed by atoms with Crippen molar-refractivity contribution in [3.8, 4) is 5.75 Å². The SMILES string of the molecule is COc1ccc(NC(=O)CNCC2CCCO2)cc1. The maximum atomic E-state index is 11.7. The lowest BCUT2D eigenvalue weighted by molar-refractivity contribution is -0.115. The van der Waals surface area contributed by atoms with E-state index in [0.29, 0.717) is 6.54 Å². The topological polar surface area (TPSA) is 59.6 Å². The third-order valence-corrected chi connectivity index (χ3v) is 3.06. The van der Waals surface area contributed by atoms with Gasteiger partial charge in [0.2, 0.25) is 5.91 Å². The van der Waals surface area contributed by atoms with Crippen LogP contribution in [0.2, 0.25) is 0 Å². The minimum Gasteiger partial charge on any atom is -0.497 e. The van der Waals surface area contributed by atoms with Gasteiger partial charge in [-0.2, -0.15) is 0 Å².